The summed E-state index contributed by atoms with van der Waals surface area (Å²) in [6.07, 6.45) is 0.993. The van der Waals surface area contributed by atoms with Crippen molar-refractivity contribution in [3.8, 4) is 0 Å². The summed E-state index contributed by atoms with van der Waals surface area (Å²) in [6.45, 7) is 0.677. The van der Waals surface area contributed by atoms with Crippen LogP contribution in [0.5, 0.6) is 0 Å². The molecule has 0 aromatic heterocycles. The summed E-state index contributed by atoms with van der Waals surface area (Å²) in [5.41, 5.74) is 1.16. The SMILES string of the molecule is CO[Si](CN(Cc1ccccc1)C[Si](OC)(OC)OC)(OC)OC. The third kappa shape index (κ3) is 5.72. The highest BCUT2D eigenvalue weighted by molar-refractivity contribution is 6.62. The van der Waals surface area contributed by atoms with Crippen molar-refractivity contribution < 1.29 is 26.6 Å². The fraction of sp³-hybridized carbons (Fsp3) is 0.600. The third-order valence-electron chi connectivity index (χ3n) is 3.95. The molecule has 0 N–H and O–H groups in total. The van der Waals surface area contributed by atoms with Gasteiger partial charge in [-0.1, -0.05) is 30.3 Å². The van der Waals surface area contributed by atoms with E-state index in [2.05, 4.69) is 17.0 Å². The molecule has 24 heavy (non-hydrogen) atoms. The first-order chi connectivity index (χ1) is 11.5. The second kappa shape index (κ2) is 10.4. The van der Waals surface area contributed by atoms with Gasteiger partial charge in [0.05, 0.1) is 12.3 Å². The lowest BCUT2D eigenvalue weighted by Gasteiger charge is -2.35. The van der Waals surface area contributed by atoms with E-state index in [9.17, 15) is 0 Å². The number of nitrogens with zero attached hydrogens (tertiary/aromatic N) is 1. The molecule has 7 nitrogen and oxygen atoms in total. The Morgan fingerprint density at radius 3 is 1.38 bits per heavy atom. The van der Waals surface area contributed by atoms with Gasteiger partial charge < -0.3 is 26.6 Å². The lowest BCUT2D eigenvalue weighted by Crippen LogP contribution is -2.59. The molecule has 1 aromatic rings. The van der Waals surface area contributed by atoms with Crippen LogP contribution in [0.25, 0.3) is 0 Å². The van der Waals surface area contributed by atoms with Crippen molar-refractivity contribution in [3.63, 3.8) is 0 Å². The molecule has 0 saturated carbocycles. The van der Waals surface area contributed by atoms with Crippen molar-refractivity contribution in [3.05, 3.63) is 35.9 Å². The van der Waals surface area contributed by atoms with E-state index in [0.29, 0.717) is 18.9 Å². The Morgan fingerprint density at radius 2 is 1.04 bits per heavy atom. The van der Waals surface area contributed by atoms with Crippen LogP contribution in [-0.4, -0.2) is 77.5 Å². The molecule has 0 radical (unpaired) electrons. The summed E-state index contributed by atoms with van der Waals surface area (Å²) >= 11 is 0. The van der Waals surface area contributed by atoms with Crippen LogP contribution >= 0.6 is 0 Å². The predicted octanol–water partition coefficient (Wildman–Crippen LogP) is 1.32. The summed E-state index contributed by atoms with van der Waals surface area (Å²) in [6, 6.07) is 10.1. The Hall–Kier alpha value is -0.626. The van der Waals surface area contributed by atoms with Gasteiger partial charge in [-0.2, -0.15) is 0 Å². The summed E-state index contributed by atoms with van der Waals surface area (Å²) in [4.78, 5) is 2.14. The van der Waals surface area contributed by atoms with Gasteiger partial charge in [-0.15, -0.1) is 0 Å². The Morgan fingerprint density at radius 1 is 0.667 bits per heavy atom. The molecule has 0 aliphatic rings. The fourth-order valence-electron chi connectivity index (χ4n) is 2.44. The first kappa shape index (κ1) is 21.4. The smallest absolute Gasteiger partial charge is 0.376 e. The molecule has 1 aromatic carbocycles. The molecule has 0 saturated heterocycles. The Balaban J connectivity index is 3.02. The summed E-state index contributed by atoms with van der Waals surface area (Å²) in [7, 11) is 4.05. The molecule has 1 rings (SSSR count). The van der Waals surface area contributed by atoms with Crippen LogP contribution in [0.2, 0.25) is 0 Å². The average molecular weight is 376 g/mol. The molecule has 0 spiro atoms. The van der Waals surface area contributed by atoms with E-state index < -0.39 is 17.6 Å². The number of rotatable bonds is 12. The minimum Gasteiger partial charge on any atom is -0.376 e. The van der Waals surface area contributed by atoms with Crippen molar-refractivity contribution in [2.75, 3.05) is 55.0 Å². The minimum atomic E-state index is -2.79. The molecule has 0 amide bonds. The van der Waals surface area contributed by atoms with Gasteiger partial charge in [0.2, 0.25) is 0 Å². The van der Waals surface area contributed by atoms with E-state index in [1.807, 2.05) is 18.2 Å². The van der Waals surface area contributed by atoms with Crippen molar-refractivity contribution in [2.24, 2.45) is 0 Å². The van der Waals surface area contributed by atoms with Crippen LogP contribution in [0.15, 0.2) is 30.3 Å². The highest BCUT2D eigenvalue weighted by atomic mass is 28.4. The van der Waals surface area contributed by atoms with Gasteiger partial charge in [0.25, 0.3) is 0 Å². The van der Waals surface area contributed by atoms with Gasteiger partial charge in [0, 0.05) is 49.2 Å². The molecule has 0 atom stereocenters. The number of benzene rings is 1. The lowest BCUT2D eigenvalue weighted by atomic mass is 10.2. The monoisotopic (exact) mass is 375 g/mol. The molecule has 0 unspecified atom stereocenters. The van der Waals surface area contributed by atoms with E-state index in [0.717, 1.165) is 5.56 Å². The van der Waals surface area contributed by atoms with Crippen LogP contribution in [0.3, 0.4) is 0 Å². The Labute approximate surface area is 147 Å². The first-order valence-electron chi connectivity index (χ1n) is 7.59. The third-order valence-corrected chi connectivity index (χ3v) is 9.35. The van der Waals surface area contributed by atoms with Gasteiger partial charge in [-0.25, -0.2) is 0 Å². The number of hydrogen-bond donors (Lipinski definition) is 0. The van der Waals surface area contributed by atoms with Crippen LogP contribution < -0.4 is 0 Å². The van der Waals surface area contributed by atoms with Crippen molar-refractivity contribution in [2.45, 2.75) is 6.54 Å². The van der Waals surface area contributed by atoms with E-state index in [1.165, 1.54) is 0 Å². The van der Waals surface area contributed by atoms with Gasteiger partial charge in [-0.3, -0.25) is 4.90 Å². The maximum Gasteiger partial charge on any atom is 0.514 e. The van der Waals surface area contributed by atoms with E-state index >= 15 is 0 Å². The normalized spacial score (nSPS) is 12.8. The second-order valence-electron chi connectivity index (χ2n) is 5.22. The molecular weight excluding hydrogens is 346 g/mol. The Bertz CT molecular complexity index is 418. The highest BCUT2D eigenvalue weighted by Gasteiger charge is 2.45. The van der Waals surface area contributed by atoms with Crippen molar-refractivity contribution in [1.29, 1.82) is 0 Å². The van der Waals surface area contributed by atoms with Crippen LogP contribution in [0.1, 0.15) is 5.56 Å². The maximum atomic E-state index is 5.57. The zero-order valence-electron chi connectivity index (χ0n) is 15.4. The van der Waals surface area contributed by atoms with Gasteiger partial charge in [0.1, 0.15) is 0 Å². The lowest BCUT2D eigenvalue weighted by molar-refractivity contribution is 0.0831. The molecule has 0 heterocycles. The largest absolute Gasteiger partial charge is 0.514 e. The quantitative estimate of drug-likeness (QED) is 0.511. The minimum absolute atomic E-state index is 0.496. The van der Waals surface area contributed by atoms with Crippen molar-refractivity contribution >= 4 is 17.6 Å². The second-order valence-corrected chi connectivity index (χ2v) is 11.0. The molecular formula is C15H29NO6Si2. The van der Waals surface area contributed by atoms with E-state index in [1.54, 1.807) is 42.7 Å². The topological polar surface area (TPSA) is 58.6 Å². The summed E-state index contributed by atoms with van der Waals surface area (Å²) in [5.74, 6) is 0. The van der Waals surface area contributed by atoms with Crippen LogP contribution in [0, 0.1) is 0 Å². The molecule has 9 heteroatoms. The number of hydrogen-bond acceptors (Lipinski definition) is 7. The molecule has 138 valence electrons. The predicted molar refractivity (Wildman–Crippen MR) is 95.3 cm³/mol. The Kier molecular flexibility index (Phi) is 9.27. The molecule has 0 aliphatic heterocycles. The van der Waals surface area contributed by atoms with Crippen LogP contribution in [-0.2, 0) is 33.1 Å². The first-order valence-corrected chi connectivity index (χ1v) is 11.5. The van der Waals surface area contributed by atoms with Gasteiger partial charge in [0.15, 0.2) is 0 Å². The van der Waals surface area contributed by atoms with E-state index in [4.69, 9.17) is 26.6 Å². The van der Waals surface area contributed by atoms with Crippen LogP contribution in [0.4, 0.5) is 0 Å². The maximum absolute atomic E-state index is 5.57. The van der Waals surface area contributed by atoms with Gasteiger partial charge >= 0.3 is 17.6 Å². The van der Waals surface area contributed by atoms with E-state index in [-0.39, 0.29) is 0 Å². The summed E-state index contributed by atoms with van der Waals surface area (Å²) < 4.78 is 33.4. The molecule has 0 fully saturated rings. The summed E-state index contributed by atoms with van der Waals surface area (Å²) in [5, 5.41) is 0. The van der Waals surface area contributed by atoms with Gasteiger partial charge in [-0.05, 0) is 5.56 Å². The van der Waals surface area contributed by atoms with Crippen molar-refractivity contribution in [1.82, 2.24) is 4.90 Å². The standard InChI is InChI=1S/C15H29NO6Si2/c1-17-23(18-2,19-3)13-16(12-15-10-8-7-9-11-15)14-24(20-4,21-5)22-6/h7-11H,12-14H2,1-6H3. The molecule has 0 aliphatic carbocycles. The average Bonchev–Trinajstić information content (AvgIpc) is 2.65. The fourth-order valence-corrected chi connectivity index (χ4v) is 5.99. The zero-order chi connectivity index (χ0) is 18.1. The molecule has 0 bridgehead atoms. The zero-order valence-corrected chi connectivity index (χ0v) is 17.4. The highest BCUT2D eigenvalue weighted by Crippen LogP contribution is 2.16.